The van der Waals surface area contributed by atoms with Crippen LogP contribution in [0.15, 0.2) is 48.5 Å². The molecule has 0 bridgehead atoms. The van der Waals surface area contributed by atoms with Crippen molar-refractivity contribution in [3.63, 3.8) is 0 Å². The van der Waals surface area contributed by atoms with Gasteiger partial charge in [0.05, 0.1) is 0 Å². The van der Waals surface area contributed by atoms with Crippen LogP contribution in [0.25, 0.3) is 0 Å². The number of carbonyl (C=O) groups excluding carboxylic acids is 1. The maximum atomic E-state index is 12.1. The van der Waals surface area contributed by atoms with Gasteiger partial charge in [0.1, 0.15) is 12.4 Å². The number of halogens is 1. The van der Waals surface area contributed by atoms with E-state index in [1.54, 1.807) is 12.1 Å². The van der Waals surface area contributed by atoms with Crippen LogP contribution in [0.4, 0.5) is 0 Å². The molecule has 0 saturated heterocycles. The van der Waals surface area contributed by atoms with Gasteiger partial charge in [0, 0.05) is 17.1 Å². The minimum absolute atomic E-state index is 0.102. The van der Waals surface area contributed by atoms with Crippen molar-refractivity contribution in [1.82, 2.24) is 5.32 Å². The Morgan fingerprint density at radius 1 is 1.13 bits per heavy atom. The van der Waals surface area contributed by atoms with E-state index in [4.69, 9.17) is 22.1 Å². The Labute approximate surface area is 141 Å². The highest BCUT2D eigenvalue weighted by molar-refractivity contribution is 6.30. The smallest absolute Gasteiger partial charge is 0.251 e. The average Bonchev–Trinajstić information content (AvgIpc) is 2.57. The normalized spacial score (nSPS) is 10.3. The van der Waals surface area contributed by atoms with Crippen LogP contribution in [-0.4, -0.2) is 19.0 Å². The molecular weight excluding hydrogens is 312 g/mol. The Kier molecular flexibility index (Phi) is 6.91. The molecule has 2 rings (SSSR count). The van der Waals surface area contributed by atoms with Crippen molar-refractivity contribution in [1.29, 1.82) is 0 Å². The summed E-state index contributed by atoms with van der Waals surface area (Å²) in [5.74, 6) is 0.551. The molecule has 2 aromatic carbocycles. The molecule has 0 radical (unpaired) electrons. The number of ether oxygens (including phenoxy) is 1. The Morgan fingerprint density at radius 3 is 2.74 bits per heavy atom. The lowest BCUT2D eigenvalue weighted by Gasteiger charge is -2.09. The molecule has 23 heavy (non-hydrogen) atoms. The fourth-order valence-corrected chi connectivity index (χ4v) is 2.31. The topological polar surface area (TPSA) is 64.3 Å². The van der Waals surface area contributed by atoms with E-state index < -0.39 is 0 Å². The lowest BCUT2D eigenvalue weighted by molar-refractivity contribution is 0.0952. The summed E-state index contributed by atoms with van der Waals surface area (Å²) in [6.07, 6.45) is 1.79. The molecule has 4 nitrogen and oxygen atoms in total. The second kappa shape index (κ2) is 9.18. The number of unbranched alkanes of at least 4 members (excludes halogenated alkanes) is 1. The Hall–Kier alpha value is -2.04. The first-order chi connectivity index (χ1) is 11.2. The first kappa shape index (κ1) is 17.3. The van der Waals surface area contributed by atoms with E-state index in [0.29, 0.717) is 36.0 Å². The summed E-state index contributed by atoms with van der Waals surface area (Å²) in [6, 6.07) is 14.6. The number of nitrogens with two attached hydrogens (primary N) is 1. The first-order valence-electron chi connectivity index (χ1n) is 7.64. The number of benzene rings is 2. The second-order valence-corrected chi connectivity index (χ2v) is 5.63. The average molecular weight is 333 g/mol. The number of amides is 1. The zero-order valence-corrected chi connectivity index (χ0v) is 13.7. The summed E-state index contributed by atoms with van der Waals surface area (Å²) >= 11 is 5.95. The molecular formula is C18H21ClN2O2. The van der Waals surface area contributed by atoms with Gasteiger partial charge in [-0.1, -0.05) is 29.8 Å². The monoisotopic (exact) mass is 332 g/mol. The molecule has 0 aromatic heterocycles. The summed E-state index contributed by atoms with van der Waals surface area (Å²) in [5, 5.41) is 3.55. The molecule has 0 spiro atoms. The van der Waals surface area contributed by atoms with Crippen LogP contribution in [0.1, 0.15) is 28.8 Å². The first-order valence-corrected chi connectivity index (χ1v) is 8.02. The van der Waals surface area contributed by atoms with Gasteiger partial charge in [0.2, 0.25) is 0 Å². The standard InChI is InChI=1S/C18H21ClN2O2/c19-16-7-3-5-14(11-16)13-23-17-8-4-6-15(12-17)18(22)21-10-2-1-9-20/h3-8,11-12H,1-2,9-10,13,20H2,(H,21,22). The van der Waals surface area contributed by atoms with Gasteiger partial charge < -0.3 is 15.8 Å². The molecule has 0 saturated carbocycles. The van der Waals surface area contributed by atoms with Crippen molar-refractivity contribution in [2.24, 2.45) is 5.73 Å². The molecule has 0 aliphatic heterocycles. The third-order valence-electron chi connectivity index (χ3n) is 3.31. The van der Waals surface area contributed by atoms with E-state index in [2.05, 4.69) is 5.32 Å². The van der Waals surface area contributed by atoms with Gasteiger partial charge in [-0.15, -0.1) is 0 Å². The summed E-state index contributed by atoms with van der Waals surface area (Å²) in [5.41, 5.74) is 6.99. The van der Waals surface area contributed by atoms with Gasteiger partial charge in [0.25, 0.3) is 5.91 Å². The summed E-state index contributed by atoms with van der Waals surface area (Å²) in [7, 11) is 0. The molecule has 0 aliphatic carbocycles. The molecule has 0 heterocycles. The van der Waals surface area contributed by atoms with Crippen LogP contribution in [0, 0.1) is 0 Å². The van der Waals surface area contributed by atoms with Crippen LogP contribution in [0.5, 0.6) is 5.75 Å². The van der Waals surface area contributed by atoms with E-state index in [0.717, 1.165) is 18.4 Å². The van der Waals surface area contributed by atoms with Crippen LogP contribution < -0.4 is 15.8 Å². The quantitative estimate of drug-likeness (QED) is 0.728. The minimum Gasteiger partial charge on any atom is -0.489 e. The lowest BCUT2D eigenvalue weighted by Crippen LogP contribution is -2.24. The van der Waals surface area contributed by atoms with E-state index in [-0.39, 0.29) is 5.91 Å². The third-order valence-corrected chi connectivity index (χ3v) is 3.54. The highest BCUT2D eigenvalue weighted by Gasteiger charge is 2.06. The fraction of sp³-hybridized carbons (Fsp3) is 0.278. The van der Waals surface area contributed by atoms with Crippen LogP contribution in [0.2, 0.25) is 5.02 Å². The largest absolute Gasteiger partial charge is 0.489 e. The van der Waals surface area contributed by atoms with Crippen molar-refractivity contribution in [2.75, 3.05) is 13.1 Å². The summed E-state index contributed by atoms with van der Waals surface area (Å²) in [4.78, 5) is 12.1. The maximum Gasteiger partial charge on any atom is 0.251 e. The Morgan fingerprint density at radius 2 is 1.96 bits per heavy atom. The highest BCUT2D eigenvalue weighted by atomic mass is 35.5. The molecule has 0 fully saturated rings. The van der Waals surface area contributed by atoms with E-state index in [1.807, 2.05) is 36.4 Å². The molecule has 0 atom stereocenters. The van der Waals surface area contributed by atoms with Crippen LogP contribution in [-0.2, 0) is 6.61 Å². The highest BCUT2D eigenvalue weighted by Crippen LogP contribution is 2.17. The molecule has 1 amide bonds. The maximum absolute atomic E-state index is 12.1. The summed E-state index contributed by atoms with van der Waals surface area (Å²) < 4.78 is 5.73. The molecule has 3 N–H and O–H groups in total. The van der Waals surface area contributed by atoms with Crippen molar-refractivity contribution >= 4 is 17.5 Å². The molecule has 122 valence electrons. The van der Waals surface area contributed by atoms with Crippen molar-refractivity contribution in [3.05, 3.63) is 64.7 Å². The zero-order chi connectivity index (χ0) is 16.5. The molecule has 0 aliphatic rings. The molecule has 2 aromatic rings. The molecule has 0 unspecified atom stereocenters. The number of rotatable bonds is 8. The number of hydrogen-bond acceptors (Lipinski definition) is 3. The van der Waals surface area contributed by atoms with Crippen LogP contribution >= 0.6 is 11.6 Å². The number of carbonyl (C=O) groups is 1. The number of hydrogen-bond donors (Lipinski definition) is 2. The van der Waals surface area contributed by atoms with Gasteiger partial charge in [-0.25, -0.2) is 0 Å². The predicted octanol–water partition coefficient (Wildman–Crippen LogP) is 3.39. The van der Waals surface area contributed by atoms with Gasteiger partial charge in [0.15, 0.2) is 0 Å². The fourth-order valence-electron chi connectivity index (χ4n) is 2.09. The Balaban J connectivity index is 1.90. The van der Waals surface area contributed by atoms with Crippen molar-refractivity contribution < 1.29 is 9.53 Å². The third kappa shape index (κ3) is 5.93. The second-order valence-electron chi connectivity index (χ2n) is 5.20. The SMILES string of the molecule is NCCCCNC(=O)c1cccc(OCc2cccc(Cl)c2)c1. The van der Waals surface area contributed by atoms with Gasteiger partial charge in [-0.3, -0.25) is 4.79 Å². The minimum atomic E-state index is -0.102. The van der Waals surface area contributed by atoms with Gasteiger partial charge >= 0.3 is 0 Å². The van der Waals surface area contributed by atoms with Gasteiger partial charge in [-0.05, 0) is 55.3 Å². The van der Waals surface area contributed by atoms with E-state index >= 15 is 0 Å². The van der Waals surface area contributed by atoms with Crippen molar-refractivity contribution in [3.8, 4) is 5.75 Å². The van der Waals surface area contributed by atoms with E-state index in [1.165, 1.54) is 0 Å². The van der Waals surface area contributed by atoms with Crippen LogP contribution in [0.3, 0.4) is 0 Å². The predicted molar refractivity (Wildman–Crippen MR) is 92.8 cm³/mol. The zero-order valence-electron chi connectivity index (χ0n) is 12.9. The van der Waals surface area contributed by atoms with Gasteiger partial charge in [-0.2, -0.15) is 0 Å². The van der Waals surface area contributed by atoms with Crippen molar-refractivity contribution in [2.45, 2.75) is 19.4 Å². The molecule has 5 heteroatoms. The van der Waals surface area contributed by atoms with E-state index in [9.17, 15) is 4.79 Å². The summed E-state index contributed by atoms with van der Waals surface area (Å²) in [6.45, 7) is 1.68. The Bertz CT molecular complexity index is 646. The lowest BCUT2D eigenvalue weighted by atomic mass is 10.2. The number of nitrogens with one attached hydrogen (secondary N) is 1.